The molecule has 1 N–H and O–H groups in total. The van der Waals surface area contributed by atoms with E-state index in [-0.39, 0.29) is 5.41 Å². The number of pyridine rings is 1. The number of likely N-dealkylation sites (tertiary alicyclic amines) is 1. The van der Waals surface area contributed by atoms with Crippen LogP contribution in [0.1, 0.15) is 52.0 Å². The molecule has 1 aromatic rings. The third-order valence-corrected chi connectivity index (χ3v) is 5.21. The number of hydrogen-bond donors (Lipinski definition) is 1. The maximum atomic E-state index is 5.48. The molecule has 1 aromatic heterocycles. The molecule has 0 bridgehead atoms. The van der Waals surface area contributed by atoms with Crippen LogP contribution in [0, 0.1) is 0 Å². The predicted octanol–water partition coefficient (Wildman–Crippen LogP) is 3.43. The van der Waals surface area contributed by atoms with Crippen LogP contribution in [-0.2, 0) is 10.2 Å². The molecule has 0 amide bonds. The van der Waals surface area contributed by atoms with Crippen molar-refractivity contribution in [3.05, 3.63) is 24.0 Å². The zero-order chi connectivity index (χ0) is 16.3. The van der Waals surface area contributed by atoms with E-state index >= 15 is 0 Å². The van der Waals surface area contributed by atoms with Crippen LogP contribution in [0.4, 0.5) is 5.69 Å². The molecule has 0 spiro atoms. The zero-order valence-corrected chi connectivity index (χ0v) is 14.8. The summed E-state index contributed by atoms with van der Waals surface area (Å²) < 4.78 is 5.48. The molecule has 0 saturated carbocycles. The van der Waals surface area contributed by atoms with Crippen LogP contribution in [0.3, 0.4) is 0 Å². The van der Waals surface area contributed by atoms with Crippen molar-refractivity contribution in [3.8, 4) is 0 Å². The second-order valence-electron chi connectivity index (χ2n) is 8.01. The second kappa shape index (κ2) is 7.18. The maximum absolute atomic E-state index is 5.48. The first-order valence-electron chi connectivity index (χ1n) is 9.06. The van der Waals surface area contributed by atoms with Crippen molar-refractivity contribution in [3.63, 3.8) is 0 Å². The van der Waals surface area contributed by atoms with Gasteiger partial charge in [0.15, 0.2) is 0 Å². The molecule has 2 fully saturated rings. The first-order valence-corrected chi connectivity index (χ1v) is 9.06. The van der Waals surface area contributed by atoms with Gasteiger partial charge in [-0.05, 0) is 42.7 Å². The predicted molar refractivity (Wildman–Crippen MR) is 95.0 cm³/mol. The van der Waals surface area contributed by atoms with Crippen molar-refractivity contribution in [2.75, 3.05) is 31.6 Å². The van der Waals surface area contributed by atoms with Gasteiger partial charge in [-0.2, -0.15) is 0 Å². The molecule has 0 aliphatic carbocycles. The van der Waals surface area contributed by atoms with Gasteiger partial charge in [-0.3, -0.25) is 4.98 Å². The van der Waals surface area contributed by atoms with Crippen LogP contribution < -0.4 is 5.32 Å². The Hall–Kier alpha value is -1.13. The number of nitrogens with zero attached hydrogens (tertiary/aromatic N) is 2. The van der Waals surface area contributed by atoms with Crippen LogP contribution in [0.2, 0.25) is 0 Å². The fourth-order valence-electron chi connectivity index (χ4n) is 3.62. The molecular weight excluding hydrogens is 286 g/mol. The number of anilines is 1. The van der Waals surface area contributed by atoms with E-state index < -0.39 is 0 Å². The summed E-state index contributed by atoms with van der Waals surface area (Å²) in [7, 11) is 0. The fourth-order valence-corrected chi connectivity index (χ4v) is 3.62. The number of ether oxygens (including phenoxy) is 1. The van der Waals surface area contributed by atoms with Crippen LogP contribution in [-0.4, -0.2) is 48.3 Å². The van der Waals surface area contributed by atoms with Gasteiger partial charge in [0.2, 0.25) is 0 Å². The lowest BCUT2D eigenvalue weighted by molar-refractivity contribution is 0.0262. The smallest absolute Gasteiger partial charge is 0.0531 e. The Morgan fingerprint density at radius 1 is 1.09 bits per heavy atom. The lowest BCUT2D eigenvalue weighted by atomic mass is 9.88. The lowest BCUT2D eigenvalue weighted by Gasteiger charge is -2.39. The summed E-state index contributed by atoms with van der Waals surface area (Å²) >= 11 is 0. The highest BCUT2D eigenvalue weighted by Crippen LogP contribution is 2.26. The highest BCUT2D eigenvalue weighted by atomic mass is 16.5. The first-order chi connectivity index (χ1) is 11.0. The first kappa shape index (κ1) is 16.7. The maximum Gasteiger partial charge on any atom is 0.0531 e. The van der Waals surface area contributed by atoms with Crippen LogP contribution in [0.5, 0.6) is 0 Å². The highest BCUT2D eigenvalue weighted by molar-refractivity contribution is 5.45. The summed E-state index contributed by atoms with van der Waals surface area (Å²) in [6.07, 6.45) is 8.79. The minimum atomic E-state index is 0.150. The number of nitrogens with one attached hydrogen (secondary N) is 1. The second-order valence-corrected chi connectivity index (χ2v) is 8.01. The molecule has 2 aliphatic heterocycles. The zero-order valence-electron chi connectivity index (χ0n) is 14.8. The number of piperidine rings is 1. The van der Waals surface area contributed by atoms with Gasteiger partial charge in [-0.25, -0.2) is 0 Å². The molecule has 23 heavy (non-hydrogen) atoms. The van der Waals surface area contributed by atoms with E-state index in [0.717, 1.165) is 19.3 Å². The molecule has 0 atom stereocenters. The SMILES string of the molecule is CC(C)(C)c1cncc(NC2CCN(C3CCOCC3)CC2)c1. The molecular formula is C19H31N3O. The molecule has 2 saturated heterocycles. The van der Waals surface area contributed by atoms with Gasteiger partial charge in [0.1, 0.15) is 0 Å². The molecule has 3 heterocycles. The Balaban J connectivity index is 1.52. The van der Waals surface area contributed by atoms with Crippen molar-refractivity contribution in [1.82, 2.24) is 9.88 Å². The van der Waals surface area contributed by atoms with Gasteiger partial charge < -0.3 is 15.0 Å². The van der Waals surface area contributed by atoms with Crippen molar-refractivity contribution in [2.24, 2.45) is 0 Å². The summed E-state index contributed by atoms with van der Waals surface area (Å²) in [5.41, 5.74) is 2.61. The Morgan fingerprint density at radius 3 is 2.43 bits per heavy atom. The summed E-state index contributed by atoms with van der Waals surface area (Å²) in [5, 5.41) is 3.70. The highest BCUT2D eigenvalue weighted by Gasteiger charge is 2.26. The number of rotatable bonds is 3. The van der Waals surface area contributed by atoms with Gasteiger partial charge in [-0.15, -0.1) is 0 Å². The molecule has 128 valence electrons. The van der Waals surface area contributed by atoms with Crippen LogP contribution in [0.15, 0.2) is 18.5 Å². The topological polar surface area (TPSA) is 37.4 Å². The van der Waals surface area contributed by atoms with E-state index in [1.54, 1.807) is 0 Å². The fraction of sp³-hybridized carbons (Fsp3) is 0.737. The minimum Gasteiger partial charge on any atom is -0.381 e. The number of aromatic nitrogens is 1. The third kappa shape index (κ3) is 4.45. The van der Waals surface area contributed by atoms with Gasteiger partial charge in [0, 0.05) is 50.8 Å². The van der Waals surface area contributed by atoms with E-state index in [2.05, 4.69) is 42.0 Å². The summed E-state index contributed by atoms with van der Waals surface area (Å²) in [5.74, 6) is 0. The Labute approximate surface area is 140 Å². The van der Waals surface area contributed by atoms with Gasteiger partial charge in [0.25, 0.3) is 0 Å². The number of hydrogen-bond acceptors (Lipinski definition) is 4. The summed E-state index contributed by atoms with van der Waals surface area (Å²) in [4.78, 5) is 7.09. The molecule has 2 aliphatic rings. The molecule has 4 nitrogen and oxygen atoms in total. The van der Waals surface area contributed by atoms with E-state index in [1.807, 2.05) is 12.4 Å². The quantitative estimate of drug-likeness (QED) is 0.927. The van der Waals surface area contributed by atoms with E-state index in [1.165, 1.54) is 50.0 Å². The largest absolute Gasteiger partial charge is 0.381 e. The van der Waals surface area contributed by atoms with Crippen molar-refractivity contribution in [1.29, 1.82) is 0 Å². The van der Waals surface area contributed by atoms with Crippen molar-refractivity contribution >= 4 is 5.69 Å². The van der Waals surface area contributed by atoms with Crippen molar-refractivity contribution in [2.45, 2.75) is 64.0 Å². The standard InChI is InChI=1S/C19H31N3O/c1-19(2,3)15-12-17(14-20-13-15)21-16-4-8-22(9-5-16)18-6-10-23-11-7-18/h12-14,16,18,21H,4-11H2,1-3H3. The Kier molecular flexibility index (Phi) is 5.22. The molecule has 4 heteroatoms. The minimum absolute atomic E-state index is 0.150. The molecule has 0 unspecified atom stereocenters. The normalized spacial score (nSPS) is 22.2. The molecule has 0 aromatic carbocycles. The molecule has 0 radical (unpaired) electrons. The molecule has 3 rings (SSSR count). The van der Waals surface area contributed by atoms with E-state index in [9.17, 15) is 0 Å². The Morgan fingerprint density at radius 2 is 1.78 bits per heavy atom. The van der Waals surface area contributed by atoms with Crippen LogP contribution >= 0.6 is 0 Å². The van der Waals surface area contributed by atoms with Crippen molar-refractivity contribution < 1.29 is 4.74 Å². The third-order valence-electron chi connectivity index (χ3n) is 5.21. The lowest BCUT2D eigenvalue weighted by Crippen LogP contribution is -2.46. The summed E-state index contributed by atoms with van der Waals surface area (Å²) in [6.45, 7) is 11.0. The van der Waals surface area contributed by atoms with Gasteiger partial charge >= 0.3 is 0 Å². The summed E-state index contributed by atoms with van der Waals surface area (Å²) in [6, 6.07) is 3.58. The Bertz CT molecular complexity index is 498. The van der Waals surface area contributed by atoms with E-state index in [0.29, 0.717) is 6.04 Å². The van der Waals surface area contributed by atoms with Crippen LogP contribution in [0.25, 0.3) is 0 Å². The van der Waals surface area contributed by atoms with E-state index in [4.69, 9.17) is 4.74 Å². The average molecular weight is 317 g/mol. The monoisotopic (exact) mass is 317 g/mol. The average Bonchev–Trinajstić information content (AvgIpc) is 2.56. The van der Waals surface area contributed by atoms with Gasteiger partial charge in [-0.1, -0.05) is 20.8 Å². The van der Waals surface area contributed by atoms with Gasteiger partial charge in [0.05, 0.1) is 5.69 Å².